The lowest BCUT2D eigenvalue weighted by atomic mass is 9.90. The highest BCUT2D eigenvalue weighted by atomic mass is 127. The average molecular weight is 530 g/mol. The molecule has 0 unspecified atom stereocenters. The van der Waals surface area contributed by atoms with E-state index in [2.05, 4.69) is 21.1 Å². The second-order valence-corrected chi connectivity index (χ2v) is 8.54. The Kier molecular flexibility index (Phi) is 8.57. The molecule has 0 fully saturated rings. The van der Waals surface area contributed by atoms with Crippen molar-refractivity contribution in [2.75, 3.05) is 29.4 Å². The summed E-state index contributed by atoms with van der Waals surface area (Å²) in [4.78, 5) is 4.32. The molecule has 29 heavy (non-hydrogen) atoms. The van der Waals surface area contributed by atoms with Crippen LogP contribution in [0.3, 0.4) is 0 Å². The van der Waals surface area contributed by atoms with Crippen molar-refractivity contribution in [2.45, 2.75) is 25.7 Å². The quantitative estimate of drug-likeness (QED) is 0.220. The molecule has 2 aromatic rings. The van der Waals surface area contributed by atoms with Crippen LogP contribution >= 0.6 is 24.0 Å². The number of nitrogens with zero attached hydrogens (tertiary/aromatic N) is 1. The van der Waals surface area contributed by atoms with E-state index in [9.17, 15) is 8.42 Å². The number of halogens is 1. The number of nitrogens with two attached hydrogens (primary N) is 1. The van der Waals surface area contributed by atoms with Crippen LogP contribution in [0.15, 0.2) is 47.5 Å². The van der Waals surface area contributed by atoms with E-state index in [1.54, 1.807) is 24.3 Å². The normalized spacial score (nSPS) is 13.8. The van der Waals surface area contributed by atoms with Gasteiger partial charge in [0, 0.05) is 11.4 Å². The first-order valence-corrected chi connectivity index (χ1v) is 11.2. The third-order valence-electron chi connectivity index (χ3n) is 4.46. The summed E-state index contributed by atoms with van der Waals surface area (Å²) in [7, 11) is -3.28. The number of anilines is 2. The van der Waals surface area contributed by atoms with E-state index in [4.69, 9.17) is 10.5 Å². The minimum absolute atomic E-state index is 0. The summed E-state index contributed by atoms with van der Waals surface area (Å²) in [6.07, 6.45) is 5.74. The molecule has 0 atom stereocenters. The van der Waals surface area contributed by atoms with Crippen molar-refractivity contribution in [2.24, 2.45) is 10.7 Å². The van der Waals surface area contributed by atoms with E-state index in [-0.39, 0.29) is 24.0 Å². The van der Waals surface area contributed by atoms with E-state index in [1.165, 1.54) is 24.0 Å². The van der Waals surface area contributed by atoms with Gasteiger partial charge in [-0.2, -0.15) is 0 Å². The number of guanidine groups is 1. The van der Waals surface area contributed by atoms with Crippen LogP contribution in [0.2, 0.25) is 0 Å². The third-order valence-corrected chi connectivity index (χ3v) is 5.06. The van der Waals surface area contributed by atoms with Gasteiger partial charge >= 0.3 is 0 Å². The van der Waals surface area contributed by atoms with E-state index in [1.807, 2.05) is 12.1 Å². The maximum Gasteiger partial charge on any atom is 0.229 e. The van der Waals surface area contributed by atoms with Crippen LogP contribution in [0, 0.1) is 0 Å². The van der Waals surface area contributed by atoms with Crippen LogP contribution < -0.4 is 20.5 Å². The number of ether oxygens (including phenoxy) is 1. The summed E-state index contributed by atoms with van der Waals surface area (Å²) in [5.41, 5.74) is 10.3. The van der Waals surface area contributed by atoms with E-state index in [0.29, 0.717) is 30.5 Å². The van der Waals surface area contributed by atoms with Crippen molar-refractivity contribution in [3.8, 4) is 5.75 Å². The Morgan fingerprint density at radius 2 is 1.86 bits per heavy atom. The fourth-order valence-electron chi connectivity index (χ4n) is 3.24. The van der Waals surface area contributed by atoms with Crippen molar-refractivity contribution in [3.63, 3.8) is 0 Å². The first kappa shape index (κ1) is 23.3. The van der Waals surface area contributed by atoms with Gasteiger partial charge in [0.15, 0.2) is 5.96 Å². The number of benzene rings is 2. The number of nitrogens with one attached hydrogen (secondary N) is 2. The van der Waals surface area contributed by atoms with Gasteiger partial charge in [0.05, 0.1) is 12.8 Å². The molecule has 0 radical (unpaired) electrons. The number of aliphatic imine (C=N–C) groups is 1. The van der Waals surface area contributed by atoms with Crippen LogP contribution in [-0.4, -0.2) is 33.8 Å². The van der Waals surface area contributed by atoms with Crippen molar-refractivity contribution in [1.29, 1.82) is 0 Å². The molecular weight excluding hydrogens is 503 g/mol. The standard InChI is InChI=1S/C20H26N4O3S.HI/c1-28(25,26)24-16-9-11-17(12-10-16)27-14-13-22-20(21)23-19-8-4-6-15-5-2-3-7-18(15)19;/h4,6,8-12,24H,2-3,5,7,13-14H2,1H3,(H3,21,22,23);1H. The molecule has 0 heterocycles. The third kappa shape index (κ3) is 7.39. The van der Waals surface area contributed by atoms with Crippen molar-refractivity contribution < 1.29 is 13.2 Å². The second-order valence-electron chi connectivity index (χ2n) is 6.79. The van der Waals surface area contributed by atoms with Crippen molar-refractivity contribution in [3.05, 3.63) is 53.6 Å². The van der Waals surface area contributed by atoms with Gasteiger partial charge in [0.1, 0.15) is 12.4 Å². The molecule has 0 aromatic heterocycles. The Hall–Kier alpha value is -2.01. The highest BCUT2D eigenvalue weighted by molar-refractivity contribution is 14.0. The molecule has 158 valence electrons. The SMILES string of the molecule is CS(=O)(=O)Nc1ccc(OCCN=C(N)Nc2cccc3c2CCCC3)cc1.I. The maximum atomic E-state index is 11.2. The Bertz CT molecular complexity index is 947. The molecule has 0 bridgehead atoms. The monoisotopic (exact) mass is 530 g/mol. The molecule has 1 aliphatic carbocycles. The zero-order chi connectivity index (χ0) is 20.0. The van der Waals surface area contributed by atoms with E-state index < -0.39 is 10.0 Å². The van der Waals surface area contributed by atoms with Gasteiger partial charge in [-0.05, 0) is 67.1 Å². The van der Waals surface area contributed by atoms with Crippen LogP contribution in [0.1, 0.15) is 24.0 Å². The predicted octanol–water partition coefficient (Wildman–Crippen LogP) is 3.36. The Morgan fingerprint density at radius 1 is 1.14 bits per heavy atom. The van der Waals surface area contributed by atoms with Crippen molar-refractivity contribution in [1.82, 2.24) is 0 Å². The minimum atomic E-state index is -3.28. The molecular formula is C20H27IN4O3S. The average Bonchev–Trinajstić information content (AvgIpc) is 2.66. The topological polar surface area (TPSA) is 106 Å². The van der Waals surface area contributed by atoms with E-state index >= 15 is 0 Å². The van der Waals surface area contributed by atoms with Crippen LogP contribution in [-0.2, 0) is 22.9 Å². The summed E-state index contributed by atoms with van der Waals surface area (Å²) in [5, 5.41) is 3.20. The Labute approximate surface area is 189 Å². The van der Waals surface area contributed by atoms with Gasteiger partial charge in [-0.15, -0.1) is 24.0 Å². The van der Waals surface area contributed by atoms with Gasteiger partial charge in [-0.25, -0.2) is 13.4 Å². The summed E-state index contributed by atoms with van der Waals surface area (Å²) >= 11 is 0. The van der Waals surface area contributed by atoms with Gasteiger partial charge in [0.2, 0.25) is 10.0 Å². The molecule has 0 saturated carbocycles. The predicted molar refractivity (Wildman–Crippen MR) is 129 cm³/mol. The molecule has 2 aromatic carbocycles. The first-order chi connectivity index (χ1) is 13.4. The lowest BCUT2D eigenvalue weighted by molar-refractivity contribution is 0.329. The van der Waals surface area contributed by atoms with Crippen LogP contribution in [0.4, 0.5) is 11.4 Å². The molecule has 3 rings (SSSR count). The Balaban J connectivity index is 0.00000300. The van der Waals surface area contributed by atoms with Crippen molar-refractivity contribution >= 4 is 51.3 Å². The highest BCUT2D eigenvalue weighted by Crippen LogP contribution is 2.27. The molecule has 7 nitrogen and oxygen atoms in total. The van der Waals surface area contributed by atoms with Gasteiger partial charge in [0.25, 0.3) is 0 Å². The molecule has 0 spiro atoms. The molecule has 4 N–H and O–H groups in total. The molecule has 9 heteroatoms. The lowest BCUT2D eigenvalue weighted by Crippen LogP contribution is -2.25. The van der Waals surface area contributed by atoms with E-state index in [0.717, 1.165) is 24.8 Å². The fraction of sp³-hybridized carbons (Fsp3) is 0.350. The Morgan fingerprint density at radius 3 is 2.59 bits per heavy atom. The molecule has 0 saturated heterocycles. The molecule has 0 aliphatic heterocycles. The number of hydrogen-bond acceptors (Lipinski definition) is 4. The number of sulfonamides is 1. The van der Waals surface area contributed by atoms with Crippen LogP contribution in [0.5, 0.6) is 5.75 Å². The van der Waals surface area contributed by atoms with Gasteiger partial charge in [-0.3, -0.25) is 4.72 Å². The van der Waals surface area contributed by atoms with Gasteiger partial charge < -0.3 is 15.8 Å². The molecule has 0 amide bonds. The zero-order valence-electron chi connectivity index (χ0n) is 16.3. The second kappa shape index (κ2) is 10.7. The lowest BCUT2D eigenvalue weighted by Gasteiger charge is -2.19. The number of aryl methyl sites for hydroxylation is 1. The van der Waals surface area contributed by atoms with Crippen LogP contribution in [0.25, 0.3) is 0 Å². The smallest absolute Gasteiger partial charge is 0.229 e. The zero-order valence-corrected chi connectivity index (χ0v) is 19.5. The molecule has 1 aliphatic rings. The maximum absolute atomic E-state index is 11.2. The summed E-state index contributed by atoms with van der Waals surface area (Å²) in [6.45, 7) is 0.783. The first-order valence-electron chi connectivity index (χ1n) is 9.29. The number of fused-ring (bicyclic) bond motifs is 1. The summed E-state index contributed by atoms with van der Waals surface area (Å²) in [6, 6.07) is 13.0. The highest BCUT2D eigenvalue weighted by Gasteiger charge is 2.13. The largest absolute Gasteiger partial charge is 0.492 e. The summed E-state index contributed by atoms with van der Waals surface area (Å²) < 4.78 is 30.4. The number of hydrogen-bond donors (Lipinski definition) is 3. The summed E-state index contributed by atoms with van der Waals surface area (Å²) in [5.74, 6) is 1.01. The van der Waals surface area contributed by atoms with Gasteiger partial charge in [-0.1, -0.05) is 12.1 Å². The number of rotatable bonds is 7. The minimum Gasteiger partial charge on any atom is -0.492 e. The fourth-order valence-corrected chi connectivity index (χ4v) is 3.80.